The minimum absolute atomic E-state index is 0.0434. The Labute approximate surface area is 117 Å². The van der Waals surface area contributed by atoms with E-state index < -0.39 is 0 Å². The molecule has 0 aliphatic rings. The van der Waals surface area contributed by atoms with Crippen LogP contribution in [-0.2, 0) is 0 Å². The number of ketones is 1. The van der Waals surface area contributed by atoms with Crippen LogP contribution in [0.3, 0.4) is 0 Å². The van der Waals surface area contributed by atoms with E-state index in [0.29, 0.717) is 16.9 Å². The summed E-state index contributed by atoms with van der Waals surface area (Å²) in [5.41, 5.74) is 1.05. The van der Waals surface area contributed by atoms with Crippen LogP contribution in [0.4, 0.5) is 0 Å². The topological polar surface area (TPSA) is 59.3 Å². The second-order valence-electron chi connectivity index (χ2n) is 4.08. The summed E-state index contributed by atoms with van der Waals surface area (Å²) in [5.74, 6) is 1.20. The lowest BCUT2D eigenvalue weighted by atomic mass is 10.1. The third-order valence-electron chi connectivity index (χ3n) is 2.77. The first-order valence-electron chi connectivity index (χ1n) is 6.03. The molecule has 0 atom stereocenters. The van der Waals surface area contributed by atoms with E-state index in [1.165, 1.54) is 0 Å². The van der Waals surface area contributed by atoms with Gasteiger partial charge in [-0.3, -0.25) is 4.79 Å². The molecule has 0 aliphatic heterocycles. The zero-order valence-electron chi connectivity index (χ0n) is 11.0. The van der Waals surface area contributed by atoms with E-state index in [9.17, 15) is 4.79 Å². The van der Waals surface area contributed by atoms with E-state index in [4.69, 9.17) is 14.7 Å². The first kappa shape index (κ1) is 13.6. The molecule has 0 heterocycles. The Hall–Kier alpha value is -2.80. The zero-order chi connectivity index (χ0) is 14.4. The molecule has 0 bridgehead atoms. The number of benzene rings is 2. The molecule has 0 radical (unpaired) electrons. The number of carbonyl (C=O) groups excluding carboxylic acids is 1. The maximum Gasteiger partial charge on any atom is 0.200 e. The van der Waals surface area contributed by atoms with Crippen molar-refractivity contribution >= 4 is 5.78 Å². The summed E-state index contributed by atoms with van der Waals surface area (Å²) in [6.45, 7) is -0.0434. The van der Waals surface area contributed by atoms with Gasteiger partial charge in [0, 0.05) is 5.56 Å². The van der Waals surface area contributed by atoms with Crippen LogP contribution in [-0.4, -0.2) is 19.5 Å². The lowest BCUT2D eigenvalue weighted by molar-refractivity contribution is 0.0921. The molecule has 0 aliphatic carbocycles. The van der Waals surface area contributed by atoms with Crippen molar-refractivity contribution in [1.29, 1.82) is 5.26 Å². The third-order valence-corrected chi connectivity index (χ3v) is 2.77. The highest BCUT2D eigenvalue weighted by Crippen LogP contribution is 2.17. The van der Waals surface area contributed by atoms with Crippen molar-refractivity contribution in [2.24, 2.45) is 0 Å². The molecule has 2 aromatic rings. The van der Waals surface area contributed by atoms with Crippen LogP contribution in [0.15, 0.2) is 48.5 Å². The van der Waals surface area contributed by atoms with Gasteiger partial charge in [0.1, 0.15) is 11.5 Å². The van der Waals surface area contributed by atoms with E-state index >= 15 is 0 Å². The molecule has 0 aromatic heterocycles. The molecule has 0 saturated carbocycles. The highest BCUT2D eigenvalue weighted by Gasteiger charge is 2.07. The van der Waals surface area contributed by atoms with Gasteiger partial charge in [-0.2, -0.15) is 5.26 Å². The Morgan fingerprint density at radius 1 is 1.05 bits per heavy atom. The molecule has 4 nitrogen and oxygen atoms in total. The Balaban J connectivity index is 1.95. The second-order valence-corrected chi connectivity index (χ2v) is 4.08. The van der Waals surface area contributed by atoms with Gasteiger partial charge >= 0.3 is 0 Å². The van der Waals surface area contributed by atoms with Crippen molar-refractivity contribution in [3.63, 3.8) is 0 Å². The van der Waals surface area contributed by atoms with Crippen LogP contribution >= 0.6 is 0 Å². The van der Waals surface area contributed by atoms with Gasteiger partial charge in [-0.1, -0.05) is 0 Å². The summed E-state index contributed by atoms with van der Waals surface area (Å²) in [7, 11) is 1.59. The molecule has 0 fully saturated rings. The highest BCUT2D eigenvalue weighted by molar-refractivity contribution is 5.97. The molecule has 2 rings (SSSR count). The van der Waals surface area contributed by atoms with Crippen molar-refractivity contribution in [3.8, 4) is 17.6 Å². The van der Waals surface area contributed by atoms with E-state index in [-0.39, 0.29) is 12.4 Å². The van der Waals surface area contributed by atoms with Gasteiger partial charge in [0.25, 0.3) is 0 Å². The number of carbonyl (C=O) groups is 1. The number of nitriles is 1. The average molecular weight is 267 g/mol. The number of hydrogen-bond acceptors (Lipinski definition) is 4. The average Bonchev–Trinajstić information content (AvgIpc) is 2.53. The summed E-state index contributed by atoms with van der Waals surface area (Å²) in [6.07, 6.45) is 0. The Morgan fingerprint density at radius 2 is 1.65 bits per heavy atom. The Kier molecular flexibility index (Phi) is 4.35. The fraction of sp³-hybridized carbons (Fsp3) is 0.125. The lowest BCUT2D eigenvalue weighted by Gasteiger charge is -2.06. The lowest BCUT2D eigenvalue weighted by Crippen LogP contribution is -2.11. The van der Waals surface area contributed by atoms with Crippen molar-refractivity contribution in [1.82, 2.24) is 0 Å². The molecule has 0 N–H and O–H groups in total. The normalized spacial score (nSPS) is 9.60. The number of methoxy groups -OCH3 is 1. The standard InChI is InChI=1S/C16H13NO3/c1-19-14-6-8-15(9-7-14)20-11-16(18)13-4-2-12(10-17)3-5-13/h2-9H,11H2,1H3. The zero-order valence-corrected chi connectivity index (χ0v) is 11.0. The molecule has 4 heteroatoms. The predicted octanol–water partition coefficient (Wildman–Crippen LogP) is 2.83. The van der Waals surface area contributed by atoms with Gasteiger partial charge in [-0.25, -0.2) is 0 Å². The van der Waals surface area contributed by atoms with E-state index in [0.717, 1.165) is 5.75 Å². The second kappa shape index (κ2) is 6.39. The Morgan fingerprint density at radius 3 is 2.20 bits per heavy atom. The molecule has 20 heavy (non-hydrogen) atoms. The van der Waals surface area contributed by atoms with E-state index in [2.05, 4.69) is 0 Å². The molecule has 0 spiro atoms. The molecule has 100 valence electrons. The summed E-state index contributed by atoms with van der Waals surface area (Å²) < 4.78 is 10.4. The fourth-order valence-corrected chi connectivity index (χ4v) is 1.63. The Bertz CT molecular complexity index is 624. The molecule has 0 unspecified atom stereocenters. The van der Waals surface area contributed by atoms with Crippen molar-refractivity contribution in [3.05, 3.63) is 59.7 Å². The number of ether oxygens (including phenoxy) is 2. The third kappa shape index (κ3) is 3.36. The maximum absolute atomic E-state index is 11.9. The fourth-order valence-electron chi connectivity index (χ4n) is 1.63. The number of Topliss-reactive ketones (excluding diaryl/α,β-unsaturated/α-hetero) is 1. The van der Waals surface area contributed by atoms with Gasteiger partial charge in [0.2, 0.25) is 0 Å². The maximum atomic E-state index is 11.9. The van der Waals surface area contributed by atoms with Gasteiger partial charge < -0.3 is 9.47 Å². The highest BCUT2D eigenvalue weighted by atomic mass is 16.5. The van der Waals surface area contributed by atoms with Crippen LogP contribution in [0.25, 0.3) is 0 Å². The van der Waals surface area contributed by atoms with Crippen LogP contribution in [0.2, 0.25) is 0 Å². The number of hydrogen-bond donors (Lipinski definition) is 0. The van der Waals surface area contributed by atoms with E-state index in [1.54, 1.807) is 55.6 Å². The summed E-state index contributed by atoms with van der Waals surface area (Å²) >= 11 is 0. The van der Waals surface area contributed by atoms with Crippen molar-refractivity contribution in [2.45, 2.75) is 0 Å². The van der Waals surface area contributed by atoms with Crippen LogP contribution < -0.4 is 9.47 Å². The molecule has 0 amide bonds. The monoisotopic (exact) mass is 267 g/mol. The van der Waals surface area contributed by atoms with Crippen molar-refractivity contribution in [2.75, 3.05) is 13.7 Å². The first-order valence-corrected chi connectivity index (χ1v) is 6.03. The SMILES string of the molecule is COc1ccc(OCC(=O)c2ccc(C#N)cc2)cc1. The van der Waals surface area contributed by atoms with E-state index in [1.807, 2.05) is 6.07 Å². The number of rotatable bonds is 5. The minimum Gasteiger partial charge on any atom is -0.497 e. The van der Waals surface area contributed by atoms with Crippen LogP contribution in [0.1, 0.15) is 15.9 Å². The minimum atomic E-state index is -0.134. The van der Waals surface area contributed by atoms with Crippen LogP contribution in [0, 0.1) is 11.3 Å². The van der Waals surface area contributed by atoms with Gasteiger partial charge in [0.15, 0.2) is 12.4 Å². The summed E-state index contributed by atoms with van der Waals surface area (Å²) in [4.78, 5) is 11.9. The van der Waals surface area contributed by atoms with Gasteiger partial charge in [0.05, 0.1) is 18.7 Å². The molecular weight excluding hydrogens is 254 g/mol. The largest absolute Gasteiger partial charge is 0.497 e. The van der Waals surface area contributed by atoms with Crippen LogP contribution in [0.5, 0.6) is 11.5 Å². The quantitative estimate of drug-likeness (QED) is 0.781. The smallest absolute Gasteiger partial charge is 0.200 e. The van der Waals surface area contributed by atoms with Gasteiger partial charge in [-0.05, 0) is 48.5 Å². The predicted molar refractivity (Wildman–Crippen MR) is 74.0 cm³/mol. The summed E-state index contributed by atoms with van der Waals surface area (Å²) in [5, 5.41) is 8.69. The number of nitrogens with zero attached hydrogens (tertiary/aromatic N) is 1. The molecule has 0 saturated heterocycles. The molecule has 2 aromatic carbocycles. The molecular formula is C16H13NO3. The summed E-state index contributed by atoms with van der Waals surface area (Å²) in [6, 6.07) is 15.5. The van der Waals surface area contributed by atoms with Gasteiger partial charge in [-0.15, -0.1) is 0 Å². The first-order chi connectivity index (χ1) is 9.72. The van der Waals surface area contributed by atoms with Crippen molar-refractivity contribution < 1.29 is 14.3 Å².